The summed E-state index contributed by atoms with van der Waals surface area (Å²) in [6.07, 6.45) is 10.4. The maximum atomic E-state index is 16.2. The molecule has 0 radical (unpaired) electrons. The van der Waals surface area contributed by atoms with Crippen LogP contribution in [0.15, 0.2) is 64.5 Å². The van der Waals surface area contributed by atoms with E-state index in [1.165, 1.54) is 25.7 Å². The van der Waals surface area contributed by atoms with Gasteiger partial charge in [0.15, 0.2) is 5.90 Å². The molecular weight excluding hydrogens is 619 g/mol. The van der Waals surface area contributed by atoms with Crippen LogP contribution in [0.25, 0.3) is 5.57 Å². The molecule has 268 valence electrons. The topological polar surface area (TPSA) is 68.7 Å². The van der Waals surface area contributed by atoms with Crippen molar-refractivity contribution in [2.24, 2.45) is 10.9 Å². The summed E-state index contributed by atoms with van der Waals surface area (Å²) in [7, 11) is 3.29. The number of pyridine rings is 1. The molecule has 49 heavy (non-hydrogen) atoms. The van der Waals surface area contributed by atoms with Crippen molar-refractivity contribution in [2.45, 2.75) is 86.3 Å². The molecule has 0 aliphatic carbocycles. The molecule has 4 rings (SSSR count). The van der Waals surface area contributed by atoms with Crippen molar-refractivity contribution < 1.29 is 23.3 Å². The normalized spacial score (nSPS) is 17.7. The van der Waals surface area contributed by atoms with Gasteiger partial charge in [-0.1, -0.05) is 44.5 Å². The molecule has 0 amide bonds. The van der Waals surface area contributed by atoms with Crippen LogP contribution in [-0.4, -0.2) is 74.2 Å². The third-order valence-corrected chi connectivity index (χ3v) is 9.44. The number of rotatable bonds is 17. The number of hydrogen-bond acceptors (Lipinski definition) is 8. The number of allylic oxidation sites excluding steroid dienone is 4. The summed E-state index contributed by atoms with van der Waals surface area (Å²) in [6.45, 7) is 16.6. The highest BCUT2D eigenvalue weighted by Gasteiger charge is 2.21. The minimum atomic E-state index is -0.305. The number of likely N-dealkylation sites (tertiary alicyclic amines) is 2. The lowest BCUT2D eigenvalue weighted by atomic mass is 9.92. The summed E-state index contributed by atoms with van der Waals surface area (Å²) in [5.74, 6) is 1.95. The zero-order valence-corrected chi connectivity index (χ0v) is 30.8. The Morgan fingerprint density at radius 1 is 0.980 bits per heavy atom. The third-order valence-electron chi connectivity index (χ3n) is 9.44. The van der Waals surface area contributed by atoms with E-state index in [9.17, 15) is 0 Å². The largest absolute Gasteiger partial charge is 0.484 e. The maximum absolute atomic E-state index is 16.2. The van der Waals surface area contributed by atoms with Gasteiger partial charge in [-0.05, 0) is 108 Å². The number of aliphatic imine (C=N–C) groups is 1. The molecule has 0 saturated carbocycles. The Morgan fingerprint density at radius 2 is 1.69 bits per heavy atom. The van der Waals surface area contributed by atoms with Crippen molar-refractivity contribution >= 4 is 11.5 Å². The van der Waals surface area contributed by atoms with Gasteiger partial charge in [0, 0.05) is 41.8 Å². The van der Waals surface area contributed by atoms with Crippen molar-refractivity contribution in [3.63, 3.8) is 0 Å². The minimum absolute atomic E-state index is 0.0479. The SMILES string of the molecule is C/C=C(\N=C(OC)C(C)CN1CCCC1)OCc1cccc(C(=C/C)/C(C)=C(\CCC)COc2ccc(CN3CCCC3)c(OC)n2)c1F. The first-order chi connectivity index (χ1) is 23.8. The molecule has 0 spiro atoms. The smallest absolute Gasteiger partial charge is 0.220 e. The van der Waals surface area contributed by atoms with Gasteiger partial charge in [0.05, 0.1) is 14.2 Å². The average Bonchev–Trinajstić information content (AvgIpc) is 3.83. The van der Waals surface area contributed by atoms with Crippen LogP contribution in [-0.2, 0) is 22.6 Å². The Morgan fingerprint density at radius 3 is 2.33 bits per heavy atom. The molecule has 2 fully saturated rings. The van der Waals surface area contributed by atoms with E-state index in [1.54, 1.807) is 26.4 Å². The van der Waals surface area contributed by atoms with Crippen molar-refractivity contribution in [3.05, 3.63) is 82.0 Å². The van der Waals surface area contributed by atoms with Crippen molar-refractivity contribution in [2.75, 3.05) is 53.6 Å². The lowest BCUT2D eigenvalue weighted by Gasteiger charge is -2.21. The summed E-state index contributed by atoms with van der Waals surface area (Å²) in [5.41, 5.74) is 4.98. The number of benzene rings is 1. The van der Waals surface area contributed by atoms with E-state index in [2.05, 4.69) is 33.6 Å². The fraction of sp³-hybridized carbons (Fsp3) is 0.550. The highest BCUT2D eigenvalue weighted by Crippen LogP contribution is 2.32. The number of halogens is 1. The van der Waals surface area contributed by atoms with Crippen LogP contribution in [0.3, 0.4) is 0 Å². The van der Waals surface area contributed by atoms with Gasteiger partial charge in [0.25, 0.3) is 0 Å². The molecule has 2 aliphatic heterocycles. The molecule has 9 heteroatoms. The van der Waals surface area contributed by atoms with Crippen LogP contribution in [0.1, 0.15) is 89.8 Å². The standard InChI is InChI=1S/C40H57FN4O4/c1-8-16-32(27-49-37-20-19-31(40(43-37)47-7)26-45-23-13-14-24-45)30(5)34(9-2)35-18-15-17-33(38(35)41)28-48-36(10-3)42-39(46-6)29(4)25-44-21-11-12-22-44/h9-10,15,17-20,29H,8,11-14,16,21-28H2,1-7H3/b32-30+,34-9+,36-10+,42-39?. The van der Waals surface area contributed by atoms with Crippen LogP contribution in [0.5, 0.6) is 11.8 Å². The number of nitrogens with zero attached hydrogens (tertiary/aromatic N) is 4. The quantitative estimate of drug-likeness (QED) is 0.0720. The molecule has 1 unspecified atom stereocenters. The van der Waals surface area contributed by atoms with Crippen LogP contribution >= 0.6 is 0 Å². The summed E-state index contributed by atoms with van der Waals surface area (Å²) < 4.78 is 39.7. The van der Waals surface area contributed by atoms with Crippen LogP contribution in [0.2, 0.25) is 0 Å². The Balaban J connectivity index is 1.47. The molecule has 1 aromatic heterocycles. The van der Waals surface area contributed by atoms with E-state index < -0.39 is 0 Å². The van der Waals surface area contributed by atoms with Crippen LogP contribution in [0.4, 0.5) is 4.39 Å². The highest BCUT2D eigenvalue weighted by atomic mass is 19.1. The number of aromatic nitrogens is 1. The monoisotopic (exact) mass is 676 g/mol. The van der Waals surface area contributed by atoms with Crippen molar-refractivity contribution in [1.82, 2.24) is 14.8 Å². The van der Waals surface area contributed by atoms with Gasteiger partial charge in [0.1, 0.15) is 19.0 Å². The summed E-state index contributed by atoms with van der Waals surface area (Å²) in [5, 5.41) is 0. The Hall–Kier alpha value is -3.69. The Kier molecular flexibility index (Phi) is 15.2. The van der Waals surface area contributed by atoms with Crippen LogP contribution < -0.4 is 9.47 Å². The Bertz CT molecular complexity index is 1490. The summed E-state index contributed by atoms with van der Waals surface area (Å²) in [4.78, 5) is 14.2. The molecule has 1 aromatic carbocycles. The fourth-order valence-electron chi connectivity index (χ4n) is 6.73. The molecule has 0 bridgehead atoms. The highest BCUT2D eigenvalue weighted by molar-refractivity contribution is 5.80. The average molecular weight is 677 g/mol. The van der Waals surface area contributed by atoms with Gasteiger partial charge in [-0.3, -0.25) is 4.90 Å². The van der Waals surface area contributed by atoms with E-state index in [1.807, 2.05) is 51.1 Å². The second-order valence-corrected chi connectivity index (χ2v) is 13.0. The number of hydrogen-bond donors (Lipinski definition) is 0. The zero-order chi connectivity index (χ0) is 35.2. The lowest BCUT2D eigenvalue weighted by molar-refractivity contribution is 0.189. The van der Waals surface area contributed by atoms with Gasteiger partial charge in [-0.25, -0.2) is 4.39 Å². The van der Waals surface area contributed by atoms with E-state index in [0.29, 0.717) is 41.3 Å². The van der Waals surface area contributed by atoms with E-state index in [4.69, 9.17) is 18.9 Å². The van der Waals surface area contributed by atoms with E-state index in [0.717, 1.165) is 74.4 Å². The molecule has 1 atom stereocenters. The molecular formula is C40H57FN4O4. The van der Waals surface area contributed by atoms with Gasteiger partial charge >= 0.3 is 0 Å². The van der Waals surface area contributed by atoms with Crippen molar-refractivity contribution in [1.29, 1.82) is 0 Å². The first-order valence-corrected chi connectivity index (χ1v) is 18.0. The fourth-order valence-corrected chi connectivity index (χ4v) is 6.73. The molecule has 2 aromatic rings. The van der Waals surface area contributed by atoms with E-state index in [-0.39, 0.29) is 18.3 Å². The molecule has 2 aliphatic rings. The van der Waals surface area contributed by atoms with Crippen molar-refractivity contribution in [3.8, 4) is 11.8 Å². The predicted molar refractivity (Wildman–Crippen MR) is 196 cm³/mol. The third kappa shape index (κ3) is 10.6. The zero-order valence-electron chi connectivity index (χ0n) is 30.8. The maximum Gasteiger partial charge on any atom is 0.220 e. The van der Waals surface area contributed by atoms with Gasteiger partial charge in [-0.15, -0.1) is 0 Å². The lowest BCUT2D eigenvalue weighted by Crippen LogP contribution is -2.30. The Labute approximate surface area is 293 Å². The molecule has 0 N–H and O–H groups in total. The molecule has 3 heterocycles. The number of methoxy groups -OCH3 is 2. The first-order valence-electron chi connectivity index (χ1n) is 18.0. The summed E-state index contributed by atoms with van der Waals surface area (Å²) >= 11 is 0. The predicted octanol–water partition coefficient (Wildman–Crippen LogP) is 8.58. The molecule has 8 nitrogen and oxygen atoms in total. The first kappa shape index (κ1) is 38.1. The minimum Gasteiger partial charge on any atom is -0.484 e. The number of ether oxygens (including phenoxy) is 4. The van der Waals surface area contributed by atoms with Gasteiger partial charge in [0.2, 0.25) is 17.6 Å². The second-order valence-electron chi connectivity index (χ2n) is 13.0. The van der Waals surface area contributed by atoms with Gasteiger partial charge in [-0.2, -0.15) is 9.98 Å². The van der Waals surface area contributed by atoms with E-state index >= 15 is 4.39 Å². The van der Waals surface area contributed by atoms with Crippen LogP contribution in [0, 0.1) is 11.7 Å². The molecule has 2 saturated heterocycles. The second kappa shape index (κ2) is 19.5. The van der Waals surface area contributed by atoms with Gasteiger partial charge < -0.3 is 23.8 Å². The summed E-state index contributed by atoms with van der Waals surface area (Å²) in [6, 6.07) is 9.43.